The molecule has 0 unspecified atom stereocenters. The molecule has 0 atom stereocenters. The van der Waals surface area contributed by atoms with Gasteiger partial charge in [0, 0.05) is 12.1 Å². The molecule has 102 valence electrons. The van der Waals surface area contributed by atoms with Crippen LogP contribution in [-0.4, -0.2) is 40.1 Å². The van der Waals surface area contributed by atoms with Crippen molar-refractivity contribution in [1.29, 1.82) is 0 Å². The van der Waals surface area contributed by atoms with E-state index >= 15 is 0 Å². The van der Waals surface area contributed by atoms with E-state index in [1.54, 1.807) is 6.92 Å². The van der Waals surface area contributed by atoms with Crippen molar-refractivity contribution in [3.8, 4) is 0 Å². The number of nitrogens with one attached hydrogen (secondary N) is 1. The maximum atomic E-state index is 12.7. The molecule has 7 heteroatoms. The average molecular weight is 273 g/mol. The summed E-state index contributed by atoms with van der Waals surface area (Å²) >= 11 is 0. The smallest absolute Gasteiger partial charge is 0.247 e. The lowest BCUT2D eigenvalue weighted by atomic mass is 10.0. The van der Waals surface area contributed by atoms with Gasteiger partial charge >= 0.3 is 0 Å². The van der Waals surface area contributed by atoms with Gasteiger partial charge in [0.25, 0.3) is 0 Å². The zero-order chi connectivity index (χ0) is 13.6. The molecule has 2 heterocycles. The predicted molar refractivity (Wildman–Crippen MR) is 66.5 cm³/mol. The van der Waals surface area contributed by atoms with E-state index < -0.39 is 10.0 Å². The maximum absolute atomic E-state index is 12.7. The van der Waals surface area contributed by atoms with E-state index in [0.29, 0.717) is 12.2 Å². The fraction of sp³-hybridized carbons (Fsp3) is 0.727. The van der Waals surface area contributed by atoms with Gasteiger partial charge in [0.2, 0.25) is 10.0 Å². The van der Waals surface area contributed by atoms with Crippen LogP contribution < -0.4 is 0 Å². The van der Waals surface area contributed by atoms with E-state index in [9.17, 15) is 13.5 Å². The molecule has 1 fully saturated rings. The molecule has 18 heavy (non-hydrogen) atoms. The van der Waals surface area contributed by atoms with Crippen LogP contribution in [0.15, 0.2) is 4.90 Å². The number of hydrogen-bond acceptors (Lipinski definition) is 4. The second-order valence-corrected chi connectivity index (χ2v) is 7.07. The maximum Gasteiger partial charge on any atom is 0.247 e. The number of sulfonamides is 1. The van der Waals surface area contributed by atoms with Gasteiger partial charge in [-0.25, -0.2) is 8.42 Å². The number of aromatic amines is 1. The minimum absolute atomic E-state index is 0.125. The fourth-order valence-corrected chi connectivity index (χ4v) is 4.73. The van der Waals surface area contributed by atoms with E-state index in [1.165, 1.54) is 4.31 Å². The number of aliphatic hydroxyl groups excluding tert-OH is 1. The molecule has 2 N–H and O–H groups in total. The highest BCUT2D eigenvalue weighted by molar-refractivity contribution is 7.89. The number of H-pyrrole nitrogens is 1. The molecular weight excluding hydrogens is 254 g/mol. The molecular formula is C11H19N3O3S. The van der Waals surface area contributed by atoms with Gasteiger partial charge in [0.15, 0.2) is 0 Å². The van der Waals surface area contributed by atoms with Crippen molar-refractivity contribution in [2.45, 2.75) is 50.7 Å². The summed E-state index contributed by atoms with van der Waals surface area (Å²) in [6.45, 7) is 5.64. The van der Waals surface area contributed by atoms with Gasteiger partial charge in [-0.2, -0.15) is 9.40 Å². The van der Waals surface area contributed by atoms with Crippen molar-refractivity contribution in [3.63, 3.8) is 0 Å². The highest BCUT2D eigenvalue weighted by Crippen LogP contribution is 2.35. The lowest BCUT2D eigenvalue weighted by Gasteiger charge is -2.30. The topological polar surface area (TPSA) is 86.3 Å². The molecule has 0 spiro atoms. The molecule has 0 aliphatic carbocycles. The van der Waals surface area contributed by atoms with Crippen molar-refractivity contribution >= 4 is 10.0 Å². The molecule has 0 aromatic carbocycles. The summed E-state index contributed by atoms with van der Waals surface area (Å²) in [6.07, 6.45) is 1.70. The third-order valence-electron chi connectivity index (χ3n) is 3.48. The van der Waals surface area contributed by atoms with Gasteiger partial charge in [0.05, 0.1) is 12.3 Å². The van der Waals surface area contributed by atoms with Crippen LogP contribution in [0.4, 0.5) is 0 Å². The molecule has 1 aliphatic heterocycles. The first-order chi connectivity index (χ1) is 8.30. The summed E-state index contributed by atoms with van der Waals surface area (Å²) in [4.78, 5) is 0.125. The Bertz CT molecular complexity index is 548. The predicted octanol–water partition coefficient (Wildman–Crippen LogP) is 0.774. The van der Waals surface area contributed by atoms with Gasteiger partial charge in [-0.1, -0.05) is 0 Å². The number of aromatic nitrogens is 2. The number of rotatable bonds is 3. The van der Waals surface area contributed by atoms with Crippen LogP contribution in [0.3, 0.4) is 0 Å². The summed E-state index contributed by atoms with van der Waals surface area (Å²) in [7, 11) is -3.60. The lowest BCUT2D eigenvalue weighted by molar-refractivity contribution is 0.270. The number of hydrogen-bond donors (Lipinski definition) is 2. The Hall–Kier alpha value is -0.920. The van der Waals surface area contributed by atoms with Crippen LogP contribution in [0.2, 0.25) is 0 Å². The number of nitrogens with zero attached hydrogens (tertiary/aromatic N) is 2. The summed E-state index contributed by atoms with van der Waals surface area (Å²) < 4.78 is 26.8. The van der Waals surface area contributed by atoms with Crippen LogP contribution >= 0.6 is 0 Å². The van der Waals surface area contributed by atoms with E-state index in [-0.39, 0.29) is 22.7 Å². The third-order valence-corrected chi connectivity index (χ3v) is 5.80. The quantitative estimate of drug-likeness (QED) is 0.852. The minimum atomic E-state index is -3.60. The Balaban J connectivity index is 2.52. The fourth-order valence-electron chi connectivity index (χ4n) is 2.56. The van der Waals surface area contributed by atoms with Crippen LogP contribution in [-0.2, 0) is 16.6 Å². The first kappa shape index (κ1) is 13.5. The first-order valence-corrected chi connectivity index (χ1v) is 7.42. The van der Waals surface area contributed by atoms with Crippen molar-refractivity contribution < 1.29 is 13.5 Å². The molecule has 2 rings (SSSR count). The Morgan fingerprint density at radius 1 is 1.50 bits per heavy atom. The Morgan fingerprint density at radius 2 is 2.17 bits per heavy atom. The highest BCUT2D eigenvalue weighted by atomic mass is 32.2. The number of aliphatic hydroxyl groups is 1. The zero-order valence-electron chi connectivity index (χ0n) is 10.9. The second kappa shape index (κ2) is 4.32. The molecule has 0 amide bonds. The van der Waals surface area contributed by atoms with Crippen molar-refractivity contribution in [3.05, 3.63) is 11.4 Å². The van der Waals surface area contributed by atoms with Crippen molar-refractivity contribution in [1.82, 2.24) is 14.5 Å². The van der Waals surface area contributed by atoms with E-state index in [4.69, 9.17) is 0 Å². The first-order valence-electron chi connectivity index (χ1n) is 5.98. The minimum Gasteiger partial charge on any atom is -0.390 e. The third kappa shape index (κ3) is 1.96. The monoisotopic (exact) mass is 273 g/mol. The van der Waals surface area contributed by atoms with Crippen LogP contribution in [0.25, 0.3) is 0 Å². The largest absolute Gasteiger partial charge is 0.390 e. The normalized spacial score (nSPS) is 20.4. The van der Waals surface area contributed by atoms with Gasteiger partial charge in [0.1, 0.15) is 10.6 Å². The SMILES string of the molecule is Cc1[nH]nc(CO)c1S(=O)(=O)N1CCCC1(C)C. The molecule has 1 aliphatic rings. The van der Waals surface area contributed by atoms with Crippen LogP contribution in [0.5, 0.6) is 0 Å². The molecule has 6 nitrogen and oxygen atoms in total. The summed E-state index contributed by atoms with van der Waals surface area (Å²) in [5.74, 6) is 0. The molecule has 1 aromatic heterocycles. The lowest BCUT2D eigenvalue weighted by Crippen LogP contribution is -2.42. The van der Waals surface area contributed by atoms with E-state index in [2.05, 4.69) is 10.2 Å². The van der Waals surface area contributed by atoms with E-state index in [1.807, 2.05) is 13.8 Å². The van der Waals surface area contributed by atoms with Crippen LogP contribution in [0, 0.1) is 6.92 Å². The molecule has 0 saturated carbocycles. The summed E-state index contributed by atoms with van der Waals surface area (Å²) in [5.41, 5.74) is 0.284. The summed E-state index contributed by atoms with van der Waals surface area (Å²) in [5, 5.41) is 15.7. The van der Waals surface area contributed by atoms with Gasteiger partial charge in [-0.15, -0.1) is 0 Å². The molecule has 0 radical (unpaired) electrons. The Kier molecular flexibility index (Phi) is 3.25. The average Bonchev–Trinajstić information content (AvgIpc) is 2.81. The Morgan fingerprint density at radius 3 is 2.67 bits per heavy atom. The second-order valence-electron chi connectivity index (χ2n) is 5.28. The molecule has 1 aromatic rings. The van der Waals surface area contributed by atoms with Crippen LogP contribution in [0.1, 0.15) is 38.1 Å². The van der Waals surface area contributed by atoms with Gasteiger partial charge in [-0.05, 0) is 33.6 Å². The molecule has 1 saturated heterocycles. The summed E-state index contributed by atoms with van der Waals surface area (Å²) in [6, 6.07) is 0. The van der Waals surface area contributed by atoms with Gasteiger partial charge < -0.3 is 5.11 Å². The zero-order valence-corrected chi connectivity index (χ0v) is 11.7. The highest BCUT2D eigenvalue weighted by Gasteiger charge is 2.42. The van der Waals surface area contributed by atoms with Crippen molar-refractivity contribution in [2.24, 2.45) is 0 Å². The van der Waals surface area contributed by atoms with Crippen molar-refractivity contribution in [2.75, 3.05) is 6.54 Å². The number of aryl methyl sites for hydroxylation is 1. The standard InChI is InChI=1S/C11H19N3O3S/c1-8-10(9(7-15)13-12-8)18(16,17)14-6-4-5-11(14,2)3/h15H,4-7H2,1-3H3,(H,12,13). The van der Waals surface area contributed by atoms with Gasteiger partial charge in [-0.3, -0.25) is 5.10 Å². The molecule has 0 bridgehead atoms. The van der Waals surface area contributed by atoms with E-state index in [0.717, 1.165) is 12.8 Å². The Labute approximate surface area is 107 Å².